The summed E-state index contributed by atoms with van der Waals surface area (Å²) in [6.45, 7) is 7.51. The van der Waals surface area contributed by atoms with Gasteiger partial charge in [0.25, 0.3) is 0 Å². The van der Waals surface area contributed by atoms with Crippen molar-refractivity contribution < 1.29 is 19.4 Å². The van der Waals surface area contributed by atoms with Gasteiger partial charge in [0.2, 0.25) is 0 Å². The SMILES string of the molecule is C=CCOc1cccc(NC(=O)NC(C)(C)CCC(=O)O)c1. The summed E-state index contributed by atoms with van der Waals surface area (Å²) in [4.78, 5) is 22.6. The lowest BCUT2D eigenvalue weighted by Gasteiger charge is -2.25. The molecular formula is C16H22N2O4. The first-order valence-corrected chi connectivity index (χ1v) is 6.97. The van der Waals surface area contributed by atoms with Crippen LogP contribution in [0.1, 0.15) is 26.7 Å². The van der Waals surface area contributed by atoms with Crippen molar-refractivity contribution in [1.29, 1.82) is 0 Å². The molecule has 0 fully saturated rings. The third-order valence-corrected chi connectivity index (χ3v) is 2.88. The third kappa shape index (κ3) is 6.78. The number of hydrogen-bond acceptors (Lipinski definition) is 3. The molecule has 0 atom stereocenters. The van der Waals surface area contributed by atoms with Crippen LogP contribution in [0.2, 0.25) is 0 Å². The van der Waals surface area contributed by atoms with Crippen molar-refractivity contribution in [2.75, 3.05) is 11.9 Å². The Hall–Kier alpha value is -2.50. The first kappa shape index (κ1) is 17.6. The van der Waals surface area contributed by atoms with Crippen molar-refractivity contribution in [1.82, 2.24) is 5.32 Å². The van der Waals surface area contributed by atoms with Crippen molar-refractivity contribution in [3.63, 3.8) is 0 Å². The van der Waals surface area contributed by atoms with Gasteiger partial charge in [0.15, 0.2) is 0 Å². The zero-order valence-electron chi connectivity index (χ0n) is 12.9. The van der Waals surface area contributed by atoms with E-state index < -0.39 is 17.5 Å². The highest BCUT2D eigenvalue weighted by molar-refractivity contribution is 5.89. The van der Waals surface area contributed by atoms with Crippen LogP contribution in [0.25, 0.3) is 0 Å². The minimum Gasteiger partial charge on any atom is -0.489 e. The predicted octanol–water partition coefficient (Wildman–Crippen LogP) is 3.02. The summed E-state index contributed by atoms with van der Waals surface area (Å²) < 4.78 is 5.39. The van der Waals surface area contributed by atoms with E-state index in [4.69, 9.17) is 9.84 Å². The van der Waals surface area contributed by atoms with Crippen molar-refractivity contribution in [3.05, 3.63) is 36.9 Å². The quantitative estimate of drug-likeness (QED) is 0.644. The molecular weight excluding hydrogens is 284 g/mol. The van der Waals surface area contributed by atoms with Gasteiger partial charge in [0.1, 0.15) is 12.4 Å². The number of anilines is 1. The Morgan fingerprint density at radius 3 is 2.77 bits per heavy atom. The van der Waals surface area contributed by atoms with E-state index in [0.717, 1.165) is 0 Å². The second kappa shape index (κ2) is 8.07. The van der Waals surface area contributed by atoms with E-state index in [1.54, 1.807) is 44.2 Å². The lowest BCUT2D eigenvalue weighted by molar-refractivity contribution is -0.137. The van der Waals surface area contributed by atoms with E-state index in [2.05, 4.69) is 17.2 Å². The maximum Gasteiger partial charge on any atom is 0.319 e. The largest absolute Gasteiger partial charge is 0.489 e. The third-order valence-electron chi connectivity index (χ3n) is 2.88. The number of hydrogen-bond donors (Lipinski definition) is 3. The van der Waals surface area contributed by atoms with E-state index in [-0.39, 0.29) is 6.42 Å². The summed E-state index contributed by atoms with van der Waals surface area (Å²) in [6.07, 6.45) is 1.98. The van der Waals surface area contributed by atoms with Crippen LogP contribution >= 0.6 is 0 Å². The molecule has 2 amide bonds. The molecule has 6 heteroatoms. The van der Waals surface area contributed by atoms with Crippen LogP contribution < -0.4 is 15.4 Å². The van der Waals surface area contributed by atoms with Gasteiger partial charge < -0.3 is 20.5 Å². The lowest BCUT2D eigenvalue weighted by atomic mass is 9.99. The molecule has 0 unspecified atom stereocenters. The van der Waals surface area contributed by atoms with Crippen LogP contribution in [0.4, 0.5) is 10.5 Å². The number of nitrogens with one attached hydrogen (secondary N) is 2. The number of carboxylic acid groups (broad SMARTS) is 1. The van der Waals surface area contributed by atoms with Crippen molar-refractivity contribution >= 4 is 17.7 Å². The van der Waals surface area contributed by atoms with Gasteiger partial charge in [-0.2, -0.15) is 0 Å². The predicted molar refractivity (Wildman–Crippen MR) is 85.2 cm³/mol. The summed E-state index contributed by atoms with van der Waals surface area (Å²) in [5.74, 6) is -0.259. The number of carbonyl (C=O) groups is 2. The molecule has 0 aromatic heterocycles. The van der Waals surface area contributed by atoms with Crippen LogP contribution in [0.5, 0.6) is 5.75 Å². The Morgan fingerprint density at radius 2 is 2.14 bits per heavy atom. The second-order valence-electron chi connectivity index (χ2n) is 5.48. The summed E-state index contributed by atoms with van der Waals surface area (Å²) >= 11 is 0. The fraction of sp³-hybridized carbons (Fsp3) is 0.375. The van der Waals surface area contributed by atoms with E-state index in [1.165, 1.54) is 0 Å². The molecule has 3 N–H and O–H groups in total. The molecule has 1 aromatic rings. The molecule has 0 spiro atoms. The standard InChI is InChI=1S/C16H22N2O4/c1-4-10-22-13-7-5-6-12(11-13)17-15(21)18-16(2,3)9-8-14(19)20/h4-7,11H,1,8-10H2,2-3H3,(H,19,20)(H2,17,18,21). The van der Waals surface area contributed by atoms with Gasteiger partial charge in [-0.1, -0.05) is 18.7 Å². The van der Waals surface area contributed by atoms with Gasteiger partial charge in [-0.3, -0.25) is 4.79 Å². The molecule has 6 nitrogen and oxygen atoms in total. The summed E-state index contributed by atoms with van der Waals surface area (Å²) in [6, 6.07) is 6.60. The minimum atomic E-state index is -0.887. The Balaban J connectivity index is 2.57. The molecule has 0 aliphatic rings. The van der Waals surface area contributed by atoms with Gasteiger partial charge in [-0.15, -0.1) is 0 Å². The van der Waals surface area contributed by atoms with Crippen LogP contribution in [0.15, 0.2) is 36.9 Å². The number of rotatable bonds is 8. The first-order chi connectivity index (χ1) is 10.3. The Morgan fingerprint density at radius 1 is 1.41 bits per heavy atom. The van der Waals surface area contributed by atoms with Crippen LogP contribution in [0.3, 0.4) is 0 Å². The molecule has 120 valence electrons. The summed E-state index contributed by atoms with van der Waals surface area (Å²) in [5, 5.41) is 14.1. The number of benzene rings is 1. The van der Waals surface area contributed by atoms with Gasteiger partial charge in [0, 0.05) is 23.7 Å². The maximum absolute atomic E-state index is 12.0. The number of ether oxygens (including phenoxy) is 1. The van der Waals surface area contributed by atoms with E-state index in [0.29, 0.717) is 24.5 Å². The fourth-order valence-electron chi connectivity index (χ4n) is 1.77. The zero-order valence-corrected chi connectivity index (χ0v) is 12.9. The van der Waals surface area contributed by atoms with Crippen LogP contribution in [-0.4, -0.2) is 29.3 Å². The normalized spacial score (nSPS) is 10.6. The number of urea groups is 1. The molecule has 0 saturated heterocycles. The Kier molecular flexibility index (Phi) is 6.44. The Labute approximate surface area is 130 Å². The van der Waals surface area contributed by atoms with Crippen molar-refractivity contribution in [2.24, 2.45) is 0 Å². The molecule has 22 heavy (non-hydrogen) atoms. The fourth-order valence-corrected chi connectivity index (χ4v) is 1.77. The topological polar surface area (TPSA) is 87.7 Å². The molecule has 1 aromatic carbocycles. The van der Waals surface area contributed by atoms with Gasteiger partial charge in [-0.05, 0) is 32.4 Å². The highest BCUT2D eigenvalue weighted by atomic mass is 16.5. The average molecular weight is 306 g/mol. The van der Waals surface area contributed by atoms with Gasteiger partial charge >= 0.3 is 12.0 Å². The molecule has 0 aliphatic carbocycles. The van der Waals surface area contributed by atoms with Crippen LogP contribution in [-0.2, 0) is 4.79 Å². The van der Waals surface area contributed by atoms with Gasteiger partial charge in [0.05, 0.1) is 0 Å². The highest BCUT2D eigenvalue weighted by Crippen LogP contribution is 2.18. The average Bonchev–Trinajstić information content (AvgIpc) is 2.43. The molecule has 0 bridgehead atoms. The van der Waals surface area contributed by atoms with E-state index >= 15 is 0 Å². The smallest absolute Gasteiger partial charge is 0.319 e. The first-order valence-electron chi connectivity index (χ1n) is 6.97. The number of carbonyl (C=O) groups excluding carboxylic acids is 1. The Bertz CT molecular complexity index is 541. The molecule has 1 rings (SSSR count). The zero-order chi connectivity index (χ0) is 16.6. The van der Waals surface area contributed by atoms with E-state index in [9.17, 15) is 9.59 Å². The molecule has 0 radical (unpaired) electrons. The lowest BCUT2D eigenvalue weighted by Crippen LogP contribution is -2.45. The molecule has 0 saturated carbocycles. The van der Waals surface area contributed by atoms with Crippen molar-refractivity contribution in [2.45, 2.75) is 32.2 Å². The molecule has 0 heterocycles. The number of amides is 2. The summed E-state index contributed by atoms with van der Waals surface area (Å²) in [7, 11) is 0. The highest BCUT2D eigenvalue weighted by Gasteiger charge is 2.21. The summed E-state index contributed by atoms with van der Waals surface area (Å²) in [5.41, 5.74) is -0.0209. The number of carboxylic acids is 1. The molecule has 0 aliphatic heterocycles. The van der Waals surface area contributed by atoms with Crippen molar-refractivity contribution in [3.8, 4) is 5.75 Å². The monoisotopic (exact) mass is 306 g/mol. The van der Waals surface area contributed by atoms with Crippen LogP contribution in [0, 0.1) is 0 Å². The minimum absolute atomic E-state index is 0.00183. The number of aliphatic carboxylic acids is 1. The van der Waals surface area contributed by atoms with E-state index in [1.807, 2.05) is 0 Å². The van der Waals surface area contributed by atoms with Gasteiger partial charge in [-0.25, -0.2) is 4.79 Å². The second-order valence-corrected chi connectivity index (χ2v) is 5.48. The maximum atomic E-state index is 12.0.